The second kappa shape index (κ2) is 8.20. The van der Waals surface area contributed by atoms with E-state index in [9.17, 15) is 31.2 Å². The van der Waals surface area contributed by atoms with Gasteiger partial charge in [0.1, 0.15) is 5.54 Å². The third kappa shape index (κ3) is 4.48. The van der Waals surface area contributed by atoms with E-state index in [2.05, 4.69) is 0 Å². The zero-order chi connectivity index (χ0) is 22.2. The van der Waals surface area contributed by atoms with Gasteiger partial charge in [-0.3, -0.25) is 9.59 Å². The number of hydrogen-bond acceptors (Lipinski definition) is 4. The molecule has 3 rings (SSSR count). The van der Waals surface area contributed by atoms with E-state index in [-0.39, 0.29) is 18.2 Å². The van der Waals surface area contributed by atoms with Crippen molar-refractivity contribution < 1.29 is 31.2 Å². The van der Waals surface area contributed by atoms with E-state index in [1.807, 2.05) is 0 Å². The number of nitrogens with one attached hydrogen (secondary N) is 1. The second-order valence-electron chi connectivity index (χ2n) is 8.21. The third-order valence-electron chi connectivity index (χ3n) is 6.11. The first-order chi connectivity index (χ1) is 13.9. The van der Waals surface area contributed by atoms with Gasteiger partial charge in [0.25, 0.3) is 15.9 Å². The number of nitrogens with zero attached hydrogens (tertiary/aromatic N) is 1. The molecule has 1 heterocycles. The molecule has 0 spiro atoms. The van der Waals surface area contributed by atoms with E-state index in [1.54, 1.807) is 4.72 Å². The van der Waals surface area contributed by atoms with Crippen molar-refractivity contribution in [3.8, 4) is 0 Å². The molecular formula is C20H25F3N2O4S. The van der Waals surface area contributed by atoms with Crippen molar-refractivity contribution >= 4 is 21.8 Å². The molecule has 1 N–H and O–H groups in total. The predicted molar refractivity (Wildman–Crippen MR) is 103 cm³/mol. The lowest BCUT2D eigenvalue weighted by atomic mass is 9.82. The highest BCUT2D eigenvalue weighted by Crippen LogP contribution is 2.36. The topological polar surface area (TPSA) is 83.6 Å². The molecule has 0 bridgehead atoms. The number of halogens is 3. The summed E-state index contributed by atoms with van der Waals surface area (Å²) in [5, 5.41) is 0. The van der Waals surface area contributed by atoms with E-state index >= 15 is 0 Å². The number of amides is 2. The molecule has 1 aliphatic carbocycles. The van der Waals surface area contributed by atoms with Crippen LogP contribution in [0.25, 0.3) is 0 Å². The highest BCUT2D eigenvalue weighted by atomic mass is 32.2. The lowest BCUT2D eigenvalue weighted by molar-refractivity contribution is -0.157. The van der Waals surface area contributed by atoms with Crippen molar-refractivity contribution in [3.05, 3.63) is 29.8 Å². The molecule has 1 aromatic carbocycles. The Morgan fingerprint density at radius 1 is 1.17 bits per heavy atom. The van der Waals surface area contributed by atoms with E-state index < -0.39 is 38.1 Å². The van der Waals surface area contributed by atoms with Gasteiger partial charge in [-0.2, -0.15) is 13.2 Å². The molecule has 1 aliphatic heterocycles. The van der Waals surface area contributed by atoms with Crippen molar-refractivity contribution in [3.63, 3.8) is 0 Å². The average molecular weight is 446 g/mol. The third-order valence-corrected chi connectivity index (χ3v) is 7.49. The molecule has 1 saturated carbocycles. The van der Waals surface area contributed by atoms with Gasteiger partial charge < -0.3 is 4.90 Å². The molecule has 2 aliphatic rings. The smallest absolute Gasteiger partial charge is 0.328 e. The van der Waals surface area contributed by atoms with Gasteiger partial charge in [0.05, 0.1) is 10.5 Å². The monoisotopic (exact) mass is 446 g/mol. The second-order valence-corrected chi connectivity index (χ2v) is 9.86. The van der Waals surface area contributed by atoms with Gasteiger partial charge in [-0.25, -0.2) is 13.1 Å². The van der Waals surface area contributed by atoms with Crippen LogP contribution in [-0.2, 0) is 25.8 Å². The summed E-state index contributed by atoms with van der Waals surface area (Å²) in [7, 11) is -4.77. The number of carbonyl (C=O) groups excluding carboxylic acids is 2. The number of alkyl halides is 3. The highest BCUT2D eigenvalue weighted by molar-refractivity contribution is 7.90. The summed E-state index contributed by atoms with van der Waals surface area (Å²) >= 11 is 0. The Labute approximate surface area is 173 Å². The fourth-order valence-electron chi connectivity index (χ4n) is 4.17. The summed E-state index contributed by atoms with van der Waals surface area (Å²) in [6, 6.07) is 3.67. The molecule has 0 aromatic heterocycles. The van der Waals surface area contributed by atoms with Crippen molar-refractivity contribution in [2.45, 2.75) is 68.5 Å². The van der Waals surface area contributed by atoms with Crippen LogP contribution in [0, 0.1) is 5.92 Å². The highest BCUT2D eigenvalue weighted by Gasteiger charge is 2.51. The first kappa shape index (κ1) is 22.6. The Hall–Kier alpha value is -2.10. The zero-order valence-corrected chi connectivity index (χ0v) is 17.5. The summed E-state index contributed by atoms with van der Waals surface area (Å²) in [4.78, 5) is 25.7. The molecule has 6 nitrogen and oxygen atoms in total. The van der Waals surface area contributed by atoms with Gasteiger partial charge in [0.2, 0.25) is 5.91 Å². The SMILES string of the molecule is CC1(C(=O)NS(=O)(=O)c2ccccc2C(F)(F)F)CCN1C(=O)CC1CCCCC1. The van der Waals surface area contributed by atoms with Crippen molar-refractivity contribution in [2.24, 2.45) is 5.92 Å². The quantitative estimate of drug-likeness (QED) is 0.751. The van der Waals surface area contributed by atoms with Gasteiger partial charge >= 0.3 is 6.18 Å². The molecule has 10 heteroatoms. The Morgan fingerprint density at radius 2 is 1.80 bits per heavy atom. The van der Waals surface area contributed by atoms with E-state index in [0.717, 1.165) is 50.3 Å². The van der Waals surface area contributed by atoms with Gasteiger partial charge in [-0.1, -0.05) is 31.4 Å². The summed E-state index contributed by atoms with van der Waals surface area (Å²) in [6.45, 7) is 1.75. The Balaban J connectivity index is 1.74. The molecule has 1 unspecified atom stereocenters. The Bertz CT molecular complexity index is 926. The predicted octanol–water partition coefficient (Wildman–Crippen LogP) is 3.47. The minimum absolute atomic E-state index is 0.223. The summed E-state index contributed by atoms with van der Waals surface area (Å²) < 4.78 is 66.4. The van der Waals surface area contributed by atoms with Crippen LogP contribution in [0.5, 0.6) is 0 Å². The van der Waals surface area contributed by atoms with Crippen LogP contribution in [0.15, 0.2) is 29.2 Å². The molecule has 0 radical (unpaired) electrons. The van der Waals surface area contributed by atoms with Crippen molar-refractivity contribution in [1.29, 1.82) is 0 Å². The maximum Gasteiger partial charge on any atom is 0.417 e. The normalized spacial score (nSPS) is 23.0. The number of hydrogen-bond donors (Lipinski definition) is 1. The van der Waals surface area contributed by atoms with Crippen molar-refractivity contribution in [1.82, 2.24) is 9.62 Å². The number of sulfonamides is 1. The van der Waals surface area contributed by atoms with Crippen LogP contribution < -0.4 is 4.72 Å². The van der Waals surface area contributed by atoms with Gasteiger partial charge in [-0.15, -0.1) is 0 Å². The van der Waals surface area contributed by atoms with Crippen LogP contribution >= 0.6 is 0 Å². The van der Waals surface area contributed by atoms with Crippen molar-refractivity contribution in [2.75, 3.05) is 6.54 Å². The largest absolute Gasteiger partial charge is 0.417 e. The zero-order valence-electron chi connectivity index (χ0n) is 16.7. The number of benzene rings is 1. The average Bonchev–Trinajstić information content (AvgIpc) is 2.66. The molecular weight excluding hydrogens is 421 g/mol. The molecule has 2 amide bonds. The lowest BCUT2D eigenvalue weighted by Gasteiger charge is -2.49. The summed E-state index contributed by atoms with van der Waals surface area (Å²) in [5.74, 6) is -0.969. The Morgan fingerprint density at radius 3 is 2.37 bits per heavy atom. The molecule has 2 fully saturated rings. The van der Waals surface area contributed by atoms with Gasteiger partial charge in [-0.05, 0) is 44.2 Å². The lowest BCUT2D eigenvalue weighted by Crippen LogP contribution is -2.68. The van der Waals surface area contributed by atoms with Crippen LogP contribution in [0.3, 0.4) is 0 Å². The first-order valence-electron chi connectivity index (χ1n) is 9.99. The number of rotatable bonds is 5. The summed E-state index contributed by atoms with van der Waals surface area (Å²) in [6.07, 6.45) is 0.816. The van der Waals surface area contributed by atoms with Crippen LogP contribution in [-0.4, -0.2) is 37.2 Å². The van der Waals surface area contributed by atoms with Gasteiger partial charge in [0, 0.05) is 13.0 Å². The maximum absolute atomic E-state index is 13.2. The van der Waals surface area contributed by atoms with E-state index in [0.29, 0.717) is 19.0 Å². The first-order valence-corrected chi connectivity index (χ1v) is 11.5. The summed E-state index contributed by atoms with van der Waals surface area (Å²) in [5.41, 5.74) is -2.75. The van der Waals surface area contributed by atoms with Crippen LogP contribution in [0.2, 0.25) is 0 Å². The van der Waals surface area contributed by atoms with Crippen LogP contribution in [0.1, 0.15) is 57.4 Å². The van der Waals surface area contributed by atoms with E-state index in [1.165, 1.54) is 11.8 Å². The standard InChI is InChI=1S/C20H25F3N2O4S/c1-19(11-12-25(19)17(26)13-14-7-3-2-4-8-14)18(27)24-30(28,29)16-10-6-5-9-15(16)20(21,22)23/h5-6,9-10,14H,2-4,7-8,11-13H2,1H3,(H,24,27). The van der Waals surface area contributed by atoms with E-state index in [4.69, 9.17) is 0 Å². The Kier molecular flexibility index (Phi) is 6.18. The minimum Gasteiger partial charge on any atom is -0.328 e. The molecule has 166 valence electrons. The number of likely N-dealkylation sites (tertiary alicyclic amines) is 1. The number of carbonyl (C=O) groups is 2. The molecule has 1 aromatic rings. The fraction of sp³-hybridized carbons (Fsp3) is 0.600. The molecule has 1 saturated heterocycles. The molecule has 1 atom stereocenters. The van der Waals surface area contributed by atoms with Crippen LogP contribution in [0.4, 0.5) is 13.2 Å². The maximum atomic E-state index is 13.2. The minimum atomic E-state index is -4.89. The molecule has 30 heavy (non-hydrogen) atoms. The fourth-order valence-corrected chi connectivity index (χ4v) is 5.47. The van der Waals surface area contributed by atoms with Gasteiger partial charge in [0.15, 0.2) is 0 Å².